The van der Waals surface area contributed by atoms with E-state index in [-0.39, 0.29) is 0 Å². The van der Waals surface area contributed by atoms with Crippen LogP contribution in [0.1, 0.15) is 34.1 Å². The van der Waals surface area contributed by atoms with Crippen molar-refractivity contribution in [1.82, 2.24) is 4.57 Å². The van der Waals surface area contributed by atoms with Gasteiger partial charge in [0, 0.05) is 32.9 Å². The molecule has 0 spiro atoms. The summed E-state index contributed by atoms with van der Waals surface area (Å²) in [4.78, 5) is 0. The van der Waals surface area contributed by atoms with E-state index in [4.69, 9.17) is 19.0 Å². The second kappa shape index (κ2) is 9.99. The third-order valence-corrected chi connectivity index (χ3v) is 5.44. The molecule has 0 atom stereocenters. The Labute approximate surface area is 107 Å². The summed E-state index contributed by atoms with van der Waals surface area (Å²) in [7, 11) is -2.71. The molecular weight excluding hydrogens is 236 g/mol. The van der Waals surface area contributed by atoms with E-state index in [1.54, 1.807) is 0 Å². The molecule has 104 valence electrons. The Morgan fingerprint density at radius 3 is 1.65 bits per heavy atom. The first-order chi connectivity index (χ1) is 8.20. The lowest BCUT2D eigenvalue weighted by molar-refractivity contribution is 0.0174. The van der Waals surface area contributed by atoms with Gasteiger partial charge in [0.15, 0.2) is 0 Å². The lowest BCUT2D eigenvalue weighted by Crippen LogP contribution is -2.62. The summed E-state index contributed by atoms with van der Waals surface area (Å²) < 4.78 is 19.7. The minimum Gasteiger partial charge on any atom is -0.361 e. The monoisotopic (exact) mass is 264 g/mol. The van der Waals surface area contributed by atoms with Gasteiger partial charge in [-0.1, -0.05) is 6.92 Å². The average molecular weight is 264 g/mol. The molecule has 0 radical (unpaired) electrons. The Morgan fingerprint density at radius 1 is 0.882 bits per heavy atom. The number of nitrogens with zero attached hydrogens (tertiary/aromatic N) is 1. The van der Waals surface area contributed by atoms with Crippen molar-refractivity contribution in [3.05, 3.63) is 0 Å². The van der Waals surface area contributed by atoms with Crippen LogP contribution in [0.3, 0.4) is 0 Å². The van der Waals surface area contributed by atoms with Crippen LogP contribution >= 0.6 is 0 Å². The maximum atomic E-state index is 5.84. The van der Waals surface area contributed by atoms with Crippen molar-refractivity contribution in [3.63, 3.8) is 0 Å². The first-order valence-electron chi connectivity index (χ1n) is 6.57. The predicted molar refractivity (Wildman–Crippen MR) is 71.6 cm³/mol. The van der Waals surface area contributed by atoms with Gasteiger partial charge in [-0.3, -0.25) is 4.57 Å². The molecule has 0 aromatic rings. The van der Waals surface area contributed by atoms with Crippen LogP contribution in [-0.2, 0) is 13.3 Å². The molecule has 0 bridgehead atoms. The molecule has 0 aliphatic carbocycles. The van der Waals surface area contributed by atoms with Gasteiger partial charge in [-0.25, -0.2) is 0 Å². The molecule has 0 aliphatic heterocycles. The van der Waals surface area contributed by atoms with E-state index in [2.05, 4.69) is 11.5 Å². The highest BCUT2D eigenvalue weighted by Gasteiger charge is 2.47. The molecule has 0 heterocycles. The highest BCUT2D eigenvalue weighted by atomic mass is 28.4. The van der Waals surface area contributed by atoms with Gasteiger partial charge in [0.05, 0.1) is 0 Å². The molecule has 0 aromatic carbocycles. The molecule has 5 nitrogen and oxygen atoms in total. The molecule has 0 saturated carbocycles. The predicted octanol–water partition coefficient (Wildman–Crippen LogP) is 1.20. The summed E-state index contributed by atoms with van der Waals surface area (Å²) in [5, 5.41) is 0. The first-order valence-corrected chi connectivity index (χ1v) is 8.24. The highest BCUT2D eigenvalue weighted by Crippen LogP contribution is 2.16. The fourth-order valence-electron chi connectivity index (χ4n) is 1.76. The van der Waals surface area contributed by atoms with Crippen molar-refractivity contribution < 1.29 is 13.3 Å². The van der Waals surface area contributed by atoms with Gasteiger partial charge < -0.3 is 19.0 Å². The maximum Gasteiger partial charge on any atom is 0.599 e. The quantitative estimate of drug-likeness (QED) is 0.568. The molecule has 0 fully saturated rings. The van der Waals surface area contributed by atoms with Crippen molar-refractivity contribution in [2.45, 2.75) is 34.1 Å². The van der Waals surface area contributed by atoms with E-state index in [0.29, 0.717) is 26.4 Å². The van der Waals surface area contributed by atoms with E-state index in [0.717, 1.165) is 19.5 Å². The van der Waals surface area contributed by atoms with Gasteiger partial charge in [0.25, 0.3) is 0 Å². The van der Waals surface area contributed by atoms with Gasteiger partial charge in [-0.15, -0.1) is 0 Å². The van der Waals surface area contributed by atoms with E-state index >= 15 is 0 Å². The third-order valence-electron chi connectivity index (χ3n) is 2.26. The molecule has 0 unspecified atom stereocenters. The standard InChI is InChI=1S/C11H28N2O3Si/c1-5-10-13(11-9-12)17(14-6-2,15-7-3)16-8-4/h5-12H2,1-4H3. The highest BCUT2D eigenvalue weighted by molar-refractivity contribution is 6.57. The minimum absolute atomic E-state index is 0.585. The summed E-state index contributed by atoms with van der Waals surface area (Å²) in [6, 6.07) is 0. The lowest BCUT2D eigenvalue weighted by Gasteiger charge is -2.37. The number of rotatable bonds is 11. The summed E-state index contributed by atoms with van der Waals surface area (Å²) in [6.07, 6.45) is 1.03. The van der Waals surface area contributed by atoms with Crippen molar-refractivity contribution in [3.8, 4) is 0 Å². The SMILES string of the molecule is CCCN(CCN)[Si](OCC)(OCC)OCC. The van der Waals surface area contributed by atoms with Crippen LogP contribution in [0, 0.1) is 0 Å². The normalized spacial score (nSPS) is 12.4. The van der Waals surface area contributed by atoms with Crippen molar-refractivity contribution in [1.29, 1.82) is 0 Å². The summed E-state index contributed by atoms with van der Waals surface area (Å²) in [5.41, 5.74) is 5.66. The maximum absolute atomic E-state index is 5.84. The Morgan fingerprint density at radius 2 is 1.35 bits per heavy atom. The van der Waals surface area contributed by atoms with Crippen LogP contribution in [0.2, 0.25) is 0 Å². The molecule has 0 amide bonds. The van der Waals surface area contributed by atoms with Crippen LogP contribution in [0.25, 0.3) is 0 Å². The average Bonchev–Trinajstić information content (AvgIpc) is 2.29. The van der Waals surface area contributed by atoms with Crippen LogP contribution in [0.15, 0.2) is 0 Å². The zero-order valence-corrected chi connectivity index (χ0v) is 12.7. The first kappa shape index (κ1) is 17.0. The lowest BCUT2D eigenvalue weighted by atomic mass is 10.5. The Balaban J connectivity index is 4.87. The molecule has 0 rings (SSSR count). The largest absolute Gasteiger partial charge is 0.599 e. The van der Waals surface area contributed by atoms with Gasteiger partial charge in [0.1, 0.15) is 0 Å². The van der Waals surface area contributed by atoms with Crippen molar-refractivity contribution in [2.75, 3.05) is 39.5 Å². The smallest absolute Gasteiger partial charge is 0.361 e. The zero-order chi connectivity index (χ0) is 13.1. The van der Waals surface area contributed by atoms with Gasteiger partial charge >= 0.3 is 8.97 Å². The fourth-order valence-corrected chi connectivity index (χ4v) is 4.55. The third kappa shape index (κ3) is 5.46. The second-order valence-corrected chi connectivity index (χ2v) is 6.14. The van der Waals surface area contributed by atoms with Gasteiger partial charge in [-0.2, -0.15) is 0 Å². The molecule has 6 heteroatoms. The molecule has 0 aliphatic rings. The Hall–Kier alpha value is 0.0169. The van der Waals surface area contributed by atoms with Crippen LogP contribution in [0.4, 0.5) is 0 Å². The molecule has 0 saturated heterocycles. The molecule has 17 heavy (non-hydrogen) atoms. The Kier molecular flexibility index (Phi) is 10.00. The molecule has 2 N–H and O–H groups in total. The molecule has 0 aromatic heterocycles. The van der Waals surface area contributed by atoms with E-state index in [9.17, 15) is 0 Å². The zero-order valence-electron chi connectivity index (χ0n) is 11.7. The Bertz CT molecular complexity index is 161. The van der Waals surface area contributed by atoms with Crippen LogP contribution in [-0.4, -0.2) is 53.0 Å². The van der Waals surface area contributed by atoms with Crippen LogP contribution < -0.4 is 5.73 Å². The number of hydrogen-bond acceptors (Lipinski definition) is 5. The second-order valence-electron chi connectivity index (χ2n) is 3.60. The van der Waals surface area contributed by atoms with Crippen molar-refractivity contribution >= 4 is 8.97 Å². The topological polar surface area (TPSA) is 57.0 Å². The van der Waals surface area contributed by atoms with E-state index in [1.807, 2.05) is 20.8 Å². The van der Waals surface area contributed by atoms with E-state index in [1.165, 1.54) is 0 Å². The van der Waals surface area contributed by atoms with Gasteiger partial charge in [0.2, 0.25) is 0 Å². The summed E-state index contributed by atoms with van der Waals surface area (Å²) in [5.74, 6) is 0. The minimum atomic E-state index is -2.71. The van der Waals surface area contributed by atoms with E-state index < -0.39 is 8.97 Å². The summed E-state index contributed by atoms with van der Waals surface area (Å²) in [6.45, 7) is 12.0. The molecular formula is C11H28N2O3Si. The van der Waals surface area contributed by atoms with Crippen LogP contribution in [0.5, 0.6) is 0 Å². The van der Waals surface area contributed by atoms with Crippen molar-refractivity contribution in [2.24, 2.45) is 5.73 Å². The number of nitrogens with two attached hydrogens (primary N) is 1. The fraction of sp³-hybridized carbons (Fsp3) is 1.00. The summed E-state index contributed by atoms with van der Waals surface area (Å²) >= 11 is 0. The number of hydrogen-bond donors (Lipinski definition) is 1. The van der Waals surface area contributed by atoms with Gasteiger partial charge in [-0.05, 0) is 33.7 Å².